The van der Waals surface area contributed by atoms with E-state index in [1.807, 2.05) is 49.1 Å². The molecule has 36 heavy (non-hydrogen) atoms. The molecule has 0 saturated carbocycles. The second kappa shape index (κ2) is 9.61. The smallest absolute Gasteiger partial charge is 0.410 e. The van der Waals surface area contributed by atoms with Crippen LogP contribution in [0.1, 0.15) is 36.2 Å². The summed E-state index contributed by atoms with van der Waals surface area (Å²) >= 11 is 12.8. The van der Waals surface area contributed by atoms with Gasteiger partial charge in [-0.05, 0) is 25.8 Å². The van der Waals surface area contributed by atoms with Gasteiger partial charge in [-0.3, -0.25) is 4.79 Å². The van der Waals surface area contributed by atoms with Gasteiger partial charge in [0.15, 0.2) is 10.9 Å². The van der Waals surface area contributed by atoms with E-state index in [0.717, 1.165) is 5.56 Å². The van der Waals surface area contributed by atoms with Crippen LogP contribution in [0.2, 0.25) is 10.2 Å². The van der Waals surface area contributed by atoms with Crippen LogP contribution >= 0.6 is 23.2 Å². The predicted molar refractivity (Wildman–Crippen MR) is 135 cm³/mol. The van der Waals surface area contributed by atoms with E-state index in [1.54, 1.807) is 9.80 Å². The average Bonchev–Trinajstić information content (AvgIpc) is 3.05. The molecule has 11 heteroatoms. The lowest BCUT2D eigenvalue weighted by molar-refractivity contribution is 0.0304. The van der Waals surface area contributed by atoms with E-state index in [-0.39, 0.29) is 47.2 Å². The number of piperazine rings is 1. The molecule has 2 fully saturated rings. The Labute approximate surface area is 219 Å². The van der Waals surface area contributed by atoms with Gasteiger partial charge in [0.05, 0.1) is 12.1 Å². The van der Waals surface area contributed by atoms with Crippen molar-refractivity contribution in [3.05, 3.63) is 51.6 Å². The molecule has 192 valence electrons. The summed E-state index contributed by atoms with van der Waals surface area (Å²) in [4.78, 5) is 36.2. The van der Waals surface area contributed by atoms with Crippen molar-refractivity contribution in [2.75, 3.05) is 37.7 Å². The number of halogens is 2. The lowest BCUT2D eigenvalue weighted by Crippen LogP contribution is -2.57. The van der Waals surface area contributed by atoms with Gasteiger partial charge in [-0.25, -0.2) is 9.78 Å². The van der Waals surface area contributed by atoms with Gasteiger partial charge in [0, 0.05) is 31.7 Å². The molecule has 0 aliphatic carbocycles. The van der Waals surface area contributed by atoms with Crippen molar-refractivity contribution in [1.29, 1.82) is 0 Å². The van der Waals surface area contributed by atoms with Crippen LogP contribution in [-0.2, 0) is 11.3 Å². The normalized spacial score (nSPS) is 23.0. The second-order valence-corrected chi connectivity index (χ2v) is 10.7. The summed E-state index contributed by atoms with van der Waals surface area (Å²) in [5, 5.41) is 10.4. The average molecular weight is 535 g/mol. The first kappa shape index (κ1) is 24.9. The molecule has 2 atom stereocenters. The third kappa shape index (κ3) is 4.55. The molecule has 9 nitrogen and oxygen atoms in total. The van der Waals surface area contributed by atoms with Gasteiger partial charge in [-0.2, -0.15) is 0 Å². The van der Waals surface area contributed by atoms with Gasteiger partial charge in [0.1, 0.15) is 29.6 Å². The first-order chi connectivity index (χ1) is 17.2. The quantitative estimate of drug-likeness (QED) is 0.601. The monoisotopic (exact) mass is 534 g/mol. The minimum atomic E-state index is -0.563. The van der Waals surface area contributed by atoms with E-state index < -0.39 is 23.8 Å². The number of aromatic nitrogens is 1. The lowest BCUT2D eigenvalue weighted by Gasteiger charge is -2.39. The minimum Gasteiger partial charge on any atom is -0.489 e. The number of carbonyl (C=O) groups excluding carboxylic acids is 2. The fraction of sp³-hybridized carbons (Fsp3) is 0.480. The number of ether oxygens (including phenoxy) is 2. The Kier molecular flexibility index (Phi) is 6.65. The molecule has 1 aromatic carbocycles. The Balaban J connectivity index is 1.38. The van der Waals surface area contributed by atoms with Gasteiger partial charge < -0.3 is 29.3 Å². The number of aliphatic hydroxyl groups excluding tert-OH is 1. The largest absolute Gasteiger partial charge is 0.489 e. The molecule has 1 aromatic heterocycles. The van der Waals surface area contributed by atoms with Gasteiger partial charge in [0.2, 0.25) is 0 Å². The van der Waals surface area contributed by atoms with Crippen molar-refractivity contribution < 1.29 is 24.2 Å². The van der Waals surface area contributed by atoms with Gasteiger partial charge in [0.25, 0.3) is 5.91 Å². The van der Waals surface area contributed by atoms with Crippen molar-refractivity contribution >= 4 is 41.0 Å². The van der Waals surface area contributed by atoms with Gasteiger partial charge >= 0.3 is 6.09 Å². The molecule has 0 radical (unpaired) electrons. The number of anilines is 1. The maximum Gasteiger partial charge on any atom is 0.410 e. The van der Waals surface area contributed by atoms with E-state index in [1.165, 1.54) is 0 Å². The second-order valence-electron chi connectivity index (χ2n) is 9.97. The van der Waals surface area contributed by atoms with Crippen molar-refractivity contribution in [1.82, 2.24) is 14.8 Å². The fourth-order valence-electron chi connectivity index (χ4n) is 5.17. The van der Waals surface area contributed by atoms with Crippen LogP contribution in [-0.4, -0.2) is 82.4 Å². The molecular formula is C25H28Cl2N4O5. The number of benzene rings is 1. The third-order valence-electron chi connectivity index (χ3n) is 6.99. The van der Waals surface area contributed by atoms with Crippen LogP contribution in [0.25, 0.3) is 0 Å². The first-order valence-electron chi connectivity index (χ1n) is 11.9. The molecule has 1 N–H and O–H groups in total. The molecule has 2 aromatic rings. The molecule has 0 spiro atoms. The molecule has 4 heterocycles. The first-order valence-corrected chi connectivity index (χ1v) is 12.7. The number of carbonyl (C=O) groups is 2. The molecule has 2 saturated heterocycles. The Hall–Kier alpha value is -2.75. The Bertz CT molecular complexity index is 1180. The Morgan fingerprint density at radius 3 is 2.67 bits per heavy atom. The van der Waals surface area contributed by atoms with Crippen LogP contribution < -0.4 is 9.64 Å². The summed E-state index contributed by atoms with van der Waals surface area (Å²) in [6, 6.07) is 9.06. The zero-order valence-corrected chi connectivity index (χ0v) is 21.6. The molecule has 3 aliphatic heterocycles. The summed E-state index contributed by atoms with van der Waals surface area (Å²) in [7, 11) is 0. The Morgan fingerprint density at radius 2 is 1.97 bits per heavy atom. The zero-order chi connectivity index (χ0) is 25.6. The van der Waals surface area contributed by atoms with Crippen LogP contribution in [0.15, 0.2) is 30.3 Å². The summed E-state index contributed by atoms with van der Waals surface area (Å²) < 4.78 is 11.6. The summed E-state index contributed by atoms with van der Waals surface area (Å²) in [6.45, 7) is 5.45. The minimum absolute atomic E-state index is 0.0291. The number of fused-ring (bicyclic) bond motifs is 2. The van der Waals surface area contributed by atoms with E-state index in [9.17, 15) is 14.7 Å². The molecule has 3 aliphatic rings. The van der Waals surface area contributed by atoms with E-state index in [2.05, 4.69) is 4.98 Å². The topological polar surface area (TPSA) is 95.4 Å². The number of β-amino-alcohol motifs (C(OH)–C–C–N with tert-alkyl or cyclic N) is 1. The SMILES string of the molecule is CC1(C)CC(O)CN1c1nc(Cl)c(Cl)c2c1C(=O)N1CCN(C(=O)OCc3ccccc3)C[C@@H]1CO2. The third-order valence-corrected chi connectivity index (χ3v) is 7.71. The maximum atomic E-state index is 13.9. The van der Waals surface area contributed by atoms with Crippen LogP contribution in [0, 0.1) is 0 Å². The number of hydrogen-bond donors (Lipinski definition) is 1. The van der Waals surface area contributed by atoms with Crippen molar-refractivity contribution in [3.63, 3.8) is 0 Å². The number of rotatable bonds is 3. The fourth-order valence-corrected chi connectivity index (χ4v) is 5.53. The molecular weight excluding hydrogens is 507 g/mol. The maximum absolute atomic E-state index is 13.9. The summed E-state index contributed by atoms with van der Waals surface area (Å²) in [6.07, 6.45) is -0.485. The van der Waals surface area contributed by atoms with E-state index >= 15 is 0 Å². The number of hydrogen-bond acceptors (Lipinski definition) is 7. The highest BCUT2D eigenvalue weighted by molar-refractivity contribution is 6.42. The van der Waals surface area contributed by atoms with Gasteiger partial charge in [-0.1, -0.05) is 53.5 Å². The van der Waals surface area contributed by atoms with Crippen molar-refractivity contribution in [2.45, 2.75) is 44.6 Å². The van der Waals surface area contributed by atoms with E-state index in [0.29, 0.717) is 31.9 Å². The molecule has 2 amide bonds. The number of pyridine rings is 1. The molecule has 1 unspecified atom stereocenters. The standard InChI is InChI=1S/C25H28Cl2N4O5/c1-25(2)10-17(32)12-31(25)22-18-20(19(26)21(27)28-22)35-14-16-11-29(8-9-30(16)23(18)33)24(34)36-13-15-6-4-3-5-7-15/h3-7,16-17,32H,8-14H2,1-2H3/t16-,17?/m1/s1. The number of nitrogens with zero attached hydrogens (tertiary/aromatic N) is 4. The highest BCUT2D eigenvalue weighted by Gasteiger charge is 2.45. The highest BCUT2D eigenvalue weighted by atomic mass is 35.5. The summed E-state index contributed by atoms with van der Waals surface area (Å²) in [5.41, 5.74) is 0.675. The lowest BCUT2D eigenvalue weighted by atomic mass is 10.0. The highest BCUT2D eigenvalue weighted by Crippen LogP contribution is 2.45. The molecule has 5 rings (SSSR count). The van der Waals surface area contributed by atoms with Crippen LogP contribution in [0.3, 0.4) is 0 Å². The van der Waals surface area contributed by atoms with Gasteiger partial charge in [-0.15, -0.1) is 0 Å². The number of amides is 2. The van der Waals surface area contributed by atoms with Crippen LogP contribution in [0.5, 0.6) is 5.75 Å². The van der Waals surface area contributed by atoms with Crippen LogP contribution in [0.4, 0.5) is 10.6 Å². The predicted octanol–water partition coefficient (Wildman–Crippen LogP) is 3.59. The van der Waals surface area contributed by atoms with Crippen molar-refractivity contribution in [2.24, 2.45) is 0 Å². The van der Waals surface area contributed by atoms with E-state index in [4.69, 9.17) is 32.7 Å². The number of aliphatic hydroxyl groups is 1. The molecule has 0 bridgehead atoms. The summed E-state index contributed by atoms with van der Waals surface area (Å²) in [5.74, 6) is 0.237. The van der Waals surface area contributed by atoms with Crippen molar-refractivity contribution in [3.8, 4) is 5.75 Å². The Morgan fingerprint density at radius 1 is 1.22 bits per heavy atom. The zero-order valence-electron chi connectivity index (χ0n) is 20.1.